The number of quaternary nitrogens is 1. The molecule has 0 aromatic carbocycles. The fraction of sp³-hybridized carbons (Fsp3) is 0.844. The van der Waals surface area contributed by atoms with E-state index >= 15 is 0 Å². The lowest BCUT2D eigenvalue weighted by atomic mass is 9.95. The molecule has 228 valence electrons. The third-order valence-electron chi connectivity index (χ3n) is 8.23. The molecular formula is C32H59NO6. The number of hydrogen-bond acceptors (Lipinski definition) is 4. The monoisotopic (exact) mass is 553 g/mol. The van der Waals surface area contributed by atoms with Crippen LogP contribution in [0.3, 0.4) is 0 Å². The van der Waals surface area contributed by atoms with E-state index in [9.17, 15) is 29.7 Å². The van der Waals surface area contributed by atoms with Crippen LogP contribution >= 0.6 is 0 Å². The summed E-state index contributed by atoms with van der Waals surface area (Å²) in [4.78, 5) is 35.7. The third-order valence-corrected chi connectivity index (χ3v) is 8.23. The zero-order chi connectivity index (χ0) is 29.5. The van der Waals surface area contributed by atoms with Gasteiger partial charge in [-0.2, -0.15) is 0 Å². The Bertz CT molecular complexity index is 632. The first-order chi connectivity index (χ1) is 18.7. The maximum absolute atomic E-state index is 11.9. The molecule has 7 heteroatoms. The van der Waals surface area contributed by atoms with Gasteiger partial charge in [0.2, 0.25) is 0 Å². The fourth-order valence-corrected chi connectivity index (χ4v) is 5.55. The van der Waals surface area contributed by atoms with Gasteiger partial charge in [0.15, 0.2) is 0 Å². The Kier molecular flexibility index (Phi) is 21.8. The van der Waals surface area contributed by atoms with E-state index in [2.05, 4.69) is 19.1 Å². The molecule has 3 atom stereocenters. The molecule has 0 rings (SSSR count). The number of carboxylic acid groups (broad SMARTS) is 3. The van der Waals surface area contributed by atoms with Crippen LogP contribution in [0.4, 0.5) is 0 Å². The molecule has 3 unspecified atom stereocenters. The number of nitrogens with zero attached hydrogens (tertiary/aromatic N) is 1. The molecule has 0 aromatic heterocycles. The van der Waals surface area contributed by atoms with Crippen LogP contribution < -0.4 is 5.11 Å². The van der Waals surface area contributed by atoms with Crippen LogP contribution in [0, 0.1) is 17.8 Å². The minimum atomic E-state index is -1.15. The minimum Gasteiger partial charge on any atom is -0.550 e. The second kappa shape index (κ2) is 22.9. The van der Waals surface area contributed by atoms with Gasteiger partial charge in [-0.25, -0.2) is 0 Å². The standard InChI is InChI=1S/C32H59NO6/c1-5-9-10-11-12-13-14-15-16-17-18-19-20-21-22-23-33(24-27(6-2)30(34)35,25-28(7-3)31(36)37)26-29(8-4)32(38)39/h18-19,27-29H,5-17,20-26H2,1-4H3,(H2-,34,35,36,37,38,39)/b19-18+. The van der Waals surface area contributed by atoms with E-state index in [-0.39, 0.29) is 24.1 Å². The lowest BCUT2D eigenvalue weighted by Gasteiger charge is -2.44. The normalized spacial score (nSPS) is 15.6. The van der Waals surface area contributed by atoms with Crippen molar-refractivity contribution in [1.82, 2.24) is 0 Å². The van der Waals surface area contributed by atoms with Crippen molar-refractivity contribution in [3.05, 3.63) is 12.2 Å². The van der Waals surface area contributed by atoms with Crippen molar-refractivity contribution < 1.29 is 34.2 Å². The number of aliphatic carboxylic acids is 3. The summed E-state index contributed by atoms with van der Waals surface area (Å²) in [5.41, 5.74) is 0. The van der Waals surface area contributed by atoms with E-state index in [0.717, 1.165) is 25.7 Å². The summed E-state index contributed by atoms with van der Waals surface area (Å²) >= 11 is 0. The van der Waals surface area contributed by atoms with Gasteiger partial charge in [0.1, 0.15) is 11.8 Å². The summed E-state index contributed by atoms with van der Waals surface area (Å²) in [6.45, 7) is 8.94. The van der Waals surface area contributed by atoms with Crippen LogP contribution in [-0.2, 0) is 14.4 Å². The van der Waals surface area contributed by atoms with Gasteiger partial charge in [0, 0.05) is 5.92 Å². The zero-order valence-corrected chi connectivity index (χ0v) is 25.5. The van der Waals surface area contributed by atoms with Gasteiger partial charge in [0.05, 0.1) is 32.1 Å². The number of allylic oxidation sites excluding steroid dienone is 2. The summed E-state index contributed by atoms with van der Waals surface area (Å²) in [6, 6.07) is 0. The Hall–Kier alpha value is -1.89. The van der Waals surface area contributed by atoms with Crippen molar-refractivity contribution in [2.24, 2.45) is 17.8 Å². The molecule has 0 aromatic rings. The highest BCUT2D eigenvalue weighted by Gasteiger charge is 2.39. The molecule has 0 fully saturated rings. The Morgan fingerprint density at radius 2 is 1.00 bits per heavy atom. The van der Waals surface area contributed by atoms with E-state index in [1.807, 2.05) is 13.8 Å². The first-order valence-electron chi connectivity index (χ1n) is 15.8. The second-order valence-electron chi connectivity index (χ2n) is 11.5. The number of hydrogen-bond donors (Lipinski definition) is 2. The molecule has 0 saturated heterocycles. The largest absolute Gasteiger partial charge is 0.550 e. The second-order valence-corrected chi connectivity index (χ2v) is 11.5. The lowest BCUT2D eigenvalue weighted by molar-refractivity contribution is -0.935. The van der Waals surface area contributed by atoms with Gasteiger partial charge in [-0.1, -0.05) is 91.2 Å². The number of carbonyl (C=O) groups excluding carboxylic acids is 1. The quantitative estimate of drug-likeness (QED) is 0.0686. The Labute approximate surface area is 238 Å². The molecule has 0 saturated carbocycles. The van der Waals surface area contributed by atoms with Gasteiger partial charge < -0.3 is 24.6 Å². The van der Waals surface area contributed by atoms with Gasteiger partial charge in [-0.3, -0.25) is 9.59 Å². The highest BCUT2D eigenvalue weighted by atomic mass is 16.4. The molecule has 2 N–H and O–H groups in total. The molecule has 0 bridgehead atoms. The molecule has 0 aliphatic rings. The Morgan fingerprint density at radius 3 is 1.38 bits per heavy atom. The van der Waals surface area contributed by atoms with E-state index < -0.39 is 35.7 Å². The highest BCUT2D eigenvalue weighted by Crippen LogP contribution is 2.25. The minimum absolute atomic E-state index is 0.199. The maximum Gasteiger partial charge on any atom is 0.312 e. The average molecular weight is 554 g/mol. The van der Waals surface area contributed by atoms with Crippen molar-refractivity contribution in [2.45, 2.75) is 130 Å². The smallest absolute Gasteiger partial charge is 0.312 e. The van der Waals surface area contributed by atoms with Gasteiger partial charge in [0.25, 0.3) is 0 Å². The summed E-state index contributed by atoms with van der Waals surface area (Å²) in [7, 11) is 0. The SMILES string of the molecule is CCCCCCCCCCC/C=C/CCCC[N+](CC(CC)C(=O)[O-])(CC(CC)C(=O)O)CC(CC)C(=O)O. The van der Waals surface area contributed by atoms with E-state index in [1.54, 1.807) is 6.92 Å². The number of unbranched alkanes of at least 4 members (excludes halogenated alkanes) is 11. The molecule has 0 aliphatic heterocycles. The van der Waals surface area contributed by atoms with Crippen molar-refractivity contribution in [1.29, 1.82) is 0 Å². The predicted molar refractivity (Wildman–Crippen MR) is 156 cm³/mol. The summed E-state index contributed by atoms with van der Waals surface area (Å²) in [5, 5.41) is 31.4. The predicted octanol–water partition coefficient (Wildman–Crippen LogP) is 6.45. The van der Waals surface area contributed by atoms with Gasteiger partial charge in [-0.15, -0.1) is 0 Å². The maximum atomic E-state index is 11.9. The lowest BCUT2D eigenvalue weighted by Crippen LogP contribution is -2.59. The van der Waals surface area contributed by atoms with Crippen LogP contribution in [0.5, 0.6) is 0 Å². The molecular weight excluding hydrogens is 494 g/mol. The van der Waals surface area contributed by atoms with Crippen LogP contribution in [0.1, 0.15) is 130 Å². The number of carboxylic acids is 3. The average Bonchev–Trinajstić information content (AvgIpc) is 2.90. The molecule has 0 heterocycles. The highest BCUT2D eigenvalue weighted by molar-refractivity contribution is 5.70. The molecule has 7 nitrogen and oxygen atoms in total. The zero-order valence-electron chi connectivity index (χ0n) is 25.5. The van der Waals surface area contributed by atoms with Crippen LogP contribution in [0.15, 0.2) is 12.2 Å². The van der Waals surface area contributed by atoms with Crippen molar-refractivity contribution in [3.63, 3.8) is 0 Å². The summed E-state index contributed by atoms with van der Waals surface area (Å²) in [6.07, 6.45) is 21.3. The van der Waals surface area contributed by atoms with Crippen LogP contribution in [0.25, 0.3) is 0 Å². The van der Waals surface area contributed by atoms with Crippen molar-refractivity contribution in [3.8, 4) is 0 Å². The summed E-state index contributed by atoms with van der Waals surface area (Å²) in [5.74, 6) is -5.00. The topological polar surface area (TPSA) is 115 Å². The fourth-order valence-electron chi connectivity index (χ4n) is 5.55. The van der Waals surface area contributed by atoms with E-state index in [0.29, 0.717) is 25.8 Å². The van der Waals surface area contributed by atoms with Gasteiger partial charge >= 0.3 is 11.9 Å². The third kappa shape index (κ3) is 17.4. The van der Waals surface area contributed by atoms with E-state index in [1.165, 1.54) is 57.8 Å². The first kappa shape index (κ1) is 37.1. The Balaban J connectivity index is 5.02. The molecule has 0 radical (unpaired) electrons. The molecule has 0 spiro atoms. The number of rotatable bonds is 27. The van der Waals surface area contributed by atoms with Crippen LogP contribution in [0.2, 0.25) is 0 Å². The Morgan fingerprint density at radius 1 is 0.615 bits per heavy atom. The molecule has 39 heavy (non-hydrogen) atoms. The van der Waals surface area contributed by atoms with Crippen LogP contribution in [-0.4, -0.2) is 58.8 Å². The number of carbonyl (C=O) groups is 3. The molecule has 0 amide bonds. The van der Waals surface area contributed by atoms with Gasteiger partial charge in [-0.05, 0) is 51.4 Å². The van der Waals surface area contributed by atoms with Crippen molar-refractivity contribution >= 4 is 17.9 Å². The van der Waals surface area contributed by atoms with E-state index in [4.69, 9.17) is 0 Å². The summed E-state index contributed by atoms with van der Waals surface area (Å²) < 4.78 is 0.199. The first-order valence-corrected chi connectivity index (χ1v) is 15.8. The van der Waals surface area contributed by atoms with Crippen molar-refractivity contribution in [2.75, 3.05) is 26.2 Å². The molecule has 0 aliphatic carbocycles.